The number of aryl methyl sites for hydroxylation is 1. The molecule has 39 heavy (non-hydrogen) atoms. The normalized spacial score (nSPS) is 16.6. The Balaban J connectivity index is 1.37. The molecule has 204 valence electrons. The number of nitrogens with one attached hydrogen (secondary N) is 1. The van der Waals surface area contributed by atoms with Gasteiger partial charge in [-0.1, -0.05) is 56.0 Å². The zero-order valence-electron chi connectivity index (χ0n) is 22.7. The van der Waals surface area contributed by atoms with Crippen LogP contribution >= 0.6 is 0 Å². The third kappa shape index (κ3) is 5.41. The molecule has 1 aliphatic heterocycles. The van der Waals surface area contributed by atoms with E-state index in [2.05, 4.69) is 68.2 Å². The molecule has 1 saturated carbocycles. The number of pyridine rings is 1. The minimum atomic E-state index is -0.102. The van der Waals surface area contributed by atoms with Gasteiger partial charge in [0.05, 0.1) is 17.6 Å². The van der Waals surface area contributed by atoms with Crippen molar-refractivity contribution in [3.63, 3.8) is 0 Å². The molecule has 4 aromatic rings. The Bertz CT molecular complexity index is 1490. The first-order valence-electron chi connectivity index (χ1n) is 14.1. The quantitative estimate of drug-likeness (QED) is 0.333. The molecule has 1 fully saturated rings. The number of fused-ring (bicyclic) bond motifs is 2. The van der Waals surface area contributed by atoms with E-state index in [1.54, 1.807) is 0 Å². The van der Waals surface area contributed by atoms with Crippen molar-refractivity contribution in [1.82, 2.24) is 30.1 Å². The molecule has 9 heteroatoms. The topological polar surface area (TPSA) is 98.2 Å². The SMILES string of the molecule is CC[C@@H](c1nnnn1C1CCCCC1)N(Cc1ccc(C)cc1)Cc1cc2cc3c(cc2[nH]c1=O)OCCO3. The second kappa shape index (κ2) is 11.2. The van der Waals surface area contributed by atoms with E-state index in [1.807, 2.05) is 18.2 Å². The van der Waals surface area contributed by atoms with Gasteiger partial charge in [0.2, 0.25) is 0 Å². The Kier molecular flexibility index (Phi) is 7.32. The molecule has 0 spiro atoms. The van der Waals surface area contributed by atoms with Gasteiger partial charge in [-0.3, -0.25) is 9.69 Å². The van der Waals surface area contributed by atoms with Gasteiger partial charge in [-0.05, 0) is 54.3 Å². The average molecular weight is 529 g/mol. The number of hydrogen-bond donors (Lipinski definition) is 1. The van der Waals surface area contributed by atoms with Crippen molar-refractivity contribution in [3.05, 3.63) is 75.3 Å². The van der Waals surface area contributed by atoms with Crippen LogP contribution in [0.3, 0.4) is 0 Å². The molecule has 0 bridgehead atoms. The summed E-state index contributed by atoms with van der Waals surface area (Å²) in [5.74, 6) is 2.26. The maximum absolute atomic E-state index is 13.3. The van der Waals surface area contributed by atoms with Crippen molar-refractivity contribution < 1.29 is 9.47 Å². The molecule has 2 aliphatic rings. The predicted octanol–water partition coefficient (Wildman–Crippen LogP) is 5.25. The van der Waals surface area contributed by atoms with Crippen LogP contribution in [-0.2, 0) is 13.1 Å². The van der Waals surface area contributed by atoms with Gasteiger partial charge in [0.1, 0.15) is 13.2 Å². The zero-order chi connectivity index (χ0) is 26.8. The second-order valence-corrected chi connectivity index (χ2v) is 10.8. The number of H-pyrrole nitrogens is 1. The molecule has 1 aliphatic carbocycles. The van der Waals surface area contributed by atoms with Gasteiger partial charge in [-0.15, -0.1) is 5.10 Å². The Morgan fingerprint density at radius 3 is 2.51 bits per heavy atom. The fraction of sp³-hybridized carbons (Fsp3) is 0.467. The number of nitrogens with zero attached hydrogens (tertiary/aromatic N) is 5. The molecule has 6 rings (SSSR count). The number of aromatic amines is 1. The van der Waals surface area contributed by atoms with Gasteiger partial charge in [0.15, 0.2) is 17.3 Å². The minimum Gasteiger partial charge on any atom is -0.486 e. The van der Waals surface area contributed by atoms with E-state index in [9.17, 15) is 4.79 Å². The van der Waals surface area contributed by atoms with Gasteiger partial charge in [-0.2, -0.15) is 0 Å². The van der Waals surface area contributed by atoms with E-state index in [1.165, 1.54) is 30.4 Å². The van der Waals surface area contributed by atoms with Crippen LogP contribution in [0.1, 0.15) is 80.0 Å². The number of rotatable bonds is 8. The van der Waals surface area contributed by atoms with Crippen molar-refractivity contribution in [2.45, 2.75) is 77.5 Å². The van der Waals surface area contributed by atoms with Crippen LogP contribution < -0.4 is 15.0 Å². The highest BCUT2D eigenvalue weighted by Gasteiger charge is 2.29. The van der Waals surface area contributed by atoms with E-state index >= 15 is 0 Å². The molecule has 0 unspecified atom stereocenters. The maximum atomic E-state index is 13.3. The molecule has 0 radical (unpaired) electrons. The summed E-state index contributed by atoms with van der Waals surface area (Å²) in [7, 11) is 0. The van der Waals surface area contributed by atoms with Crippen LogP contribution in [0.5, 0.6) is 11.5 Å². The summed E-state index contributed by atoms with van der Waals surface area (Å²) in [6, 6.07) is 14.7. The fourth-order valence-electron chi connectivity index (χ4n) is 5.94. The summed E-state index contributed by atoms with van der Waals surface area (Å²) in [5.41, 5.74) is 3.74. The Morgan fingerprint density at radius 1 is 1.03 bits per heavy atom. The summed E-state index contributed by atoms with van der Waals surface area (Å²) >= 11 is 0. The average Bonchev–Trinajstić information content (AvgIpc) is 3.44. The second-order valence-electron chi connectivity index (χ2n) is 10.8. The van der Waals surface area contributed by atoms with Crippen molar-refractivity contribution in [1.29, 1.82) is 0 Å². The summed E-state index contributed by atoms with van der Waals surface area (Å²) in [5, 5.41) is 14.0. The van der Waals surface area contributed by atoms with E-state index in [0.717, 1.165) is 36.0 Å². The van der Waals surface area contributed by atoms with Gasteiger partial charge < -0.3 is 14.5 Å². The van der Waals surface area contributed by atoms with Crippen LogP contribution in [0.25, 0.3) is 10.9 Å². The van der Waals surface area contributed by atoms with E-state index in [0.29, 0.717) is 49.4 Å². The lowest BCUT2D eigenvalue weighted by molar-refractivity contribution is 0.155. The van der Waals surface area contributed by atoms with Gasteiger partial charge in [0, 0.05) is 30.1 Å². The highest BCUT2D eigenvalue weighted by Crippen LogP contribution is 2.35. The lowest BCUT2D eigenvalue weighted by Gasteiger charge is -2.32. The molecule has 0 amide bonds. The first kappa shape index (κ1) is 25.6. The van der Waals surface area contributed by atoms with E-state index in [4.69, 9.17) is 9.47 Å². The van der Waals surface area contributed by atoms with Gasteiger partial charge in [-0.25, -0.2) is 4.68 Å². The number of tetrazole rings is 1. The van der Waals surface area contributed by atoms with Crippen LogP contribution in [0.15, 0.2) is 47.3 Å². The molecule has 1 N–H and O–H groups in total. The van der Waals surface area contributed by atoms with Crippen molar-refractivity contribution in [2.24, 2.45) is 0 Å². The van der Waals surface area contributed by atoms with Crippen LogP contribution in [0.4, 0.5) is 0 Å². The third-order valence-corrected chi connectivity index (χ3v) is 8.03. The highest BCUT2D eigenvalue weighted by atomic mass is 16.6. The molecule has 3 heterocycles. The third-order valence-electron chi connectivity index (χ3n) is 8.03. The standard InChI is InChI=1S/C30H36N6O3/c1-3-26(29-32-33-34-36(29)24-7-5-4-6-8-24)35(18-21-11-9-20(2)10-12-21)19-23-15-22-16-27-28(39-14-13-38-27)17-25(22)31-30(23)37/h9-12,15-17,24,26H,3-8,13-14,18-19H2,1-2H3,(H,31,37)/t26-/m0/s1. The Hall–Kier alpha value is -3.72. The van der Waals surface area contributed by atoms with Crippen molar-refractivity contribution in [2.75, 3.05) is 13.2 Å². The minimum absolute atomic E-state index is 0.0430. The van der Waals surface area contributed by atoms with Crippen LogP contribution in [0.2, 0.25) is 0 Å². The van der Waals surface area contributed by atoms with Crippen molar-refractivity contribution >= 4 is 10.9 Å². The summed E-state index contributed by atoms with van der Waals surface area (Å²) < 4.78 is 13.6. The maximum Gasteiger partial charge on any atom is 0.252 e. The summed E-state index contributed by atoms with van der Waals surface area (Å²) in [4.78, 5) is 18.8. The predicted molar refractivity (Wildman–Crippen MR) is 149 cm³/mol. The van der Waals surface area contributed by atoms with E-state index < -0.39 is 0 Å². The Labute approximate surface area is 228 Å². The van der Waals surface area contributed by atoms with Crippen molar-refractivity contribution in [3.8, 4) is 11.5 Å². The summed E-state index contributed by atoms with van der Waals surface area (Å²) in [6.07, 6.45) is 6.72. The number of benzene rings is 2. The monoisotopic (exact) mass is 528 g/mol. The van der Waals surface area contributed by atoms with Crippen LogP contribution in [0, 0.1) is 6.92 Å². The fourth-order valence-corrected chi connectivity index (χ4v) is 5.94. The molecular formula is C30H36N6O3. The molecular weight excluding hydrogens is 492 g/mol. The Morgan fingerprint density at radius 2 is 1.77 bits per heavy atom. The first-order chi connectivity index (χ1) is 19.1. The van der Waals surface area contributed by atoms with Gasteiger partial charge in [0.25, 0.3) is 5.56 Å². The molecule has 2 aromatic heterocycles. The zero-order valence-corrected chi connectivity index (χ0v) is 22.7. The lowest BCUT2D eigenvalue weighted by atomic mass is 9.95. The lowest BCUT2D eigenvalue weighted by Crippen LogP contribution is -2.33. The van der Waals surface area contributed by atoms with E-state index in [-0.39, 0.29) is 11.6 Å². The molecule has 2 aromatic carbocycles. The number of aromatic nitrogens is 5. The smallest absolute Gasteiger partial charge is 0.252 e. The molecule has 9 nitrogen and oxygen atoms in total. The van der Waals surface area contributed by atoms with Crippen LogP contribution in [-0.4, -0.2) is 43.3 Å². The largest absolute Gasteiger partial charge is 0.486 e. The molecule has 0 saturated heterocycles. The first-order valence-corrected chi connectivity index (χ1v) is 14.1. The highest BCUT2D eigenvalue weighted by molar-refractivity contribution is 5.83. The summed E-state index contributed by atoms with van der Waals surface area (Å²) in [6.45, 7) is 6.43. The molecule has 1 atom stereocenters. The number of ether oxygens (including phenoxy) is 2. The number of hydrogen-bond acceptors (Lipinski definition) is 7. The van der Waals surface area contributed by atoms with Gasteiger partial charge >= 0.3 is 0 Å².